The fraction of sp³-hybridized carbons (Fsp3) is 0.414. The van der Waals surface area contributed by atoms with E-state index >= 15 is 0 Å². The standard InChI is InChI=1S/C29H32F5N7O5S/c1-38-7-9-39(10-8-38)20-3-4-22(25(16-20)41(11-12-46-2)28(43)29(32,33)34)27(42)35-26-23-17-40(6-5-24(23)36-37-26)47(44,45)21-14-18(30)13-19(31)15-21/h3-4,13-16H,5-12,17H2,1-2H3,(H2,35,36,37,42). The predicted molar refractivity (Wildman–Crippen MR) is 161 cm³/mol. The first-order chi connectivity index (χ1) is 22.2. The normalized spacial score (nSPS) is 16.2. The fourth-order valence-electron chi connectivity index (χ4n) is 5.44. The van der Waals surface area contributed by atoms with Crippen molar-refractivity contribution in [2.24, 2.45) is 0 Å². The number of ether oxygens (including phenoxy) is 1. The molecule has 3 aromatic rings. The third-order valence-electron chi connectivity index (χ3n) is 8.00. The van der Waals surface area contributed by atoms with Crippen molar-refractivity contribution in [3.63, 3.8) is 0 Å². The molecule has 1 saturated heterocycles. The zero-order chi connectivity index (χ0) is 34.1. The number of sulfonamides is 1. The van der Waals surface area contributed by atoms with Gasteiger partial charge in [0, 0.05) is 82.4 Å². The zero-order valence-electron chi connectivity index (χ0n) is 25.4. The maximum absolute atomic E-state index is 13.8. The molecule has 18 heteroatoms. The topological polar surface area (TPSA) is 131 Å². The van der Waals surface area contributed by atoms with Gasteiger partial charge in [0.25, 0.3) is 5.91 Å². The Hall–Kier alpha value is -4.13. The Labute approximate surface area is 267 Å². The number of aromatic nitrogens is 2. The number of carbonyl (C=O) groups is 2. The largest absolute Gasteiger partial charge is 0.471 e. The number of fused-ring (bicyclic) bond motifs is 1. The Morgan fingerprint density at radius 3 is 2.36 bits per heavy atom. The first-order valence-electron chi connectivity index (χ1n) is 14.5. The molecule has 5 rings (SSSR count). The van der Waals surface area contributed by atoms with E-state index in [4.69, 9.17) is 4.74 Å². The van der Waals surface area contributed by atoms with Crippen LogP contribution in [0.1, 0.15) is 21.6 Å². The molecule has 0 saturated carbocycles. The molecule has 0 aliphatic carbocycles. The number of halogens is 5. The minimum Gasteiger partial charge on any atom is -0.383 e. The molecule has 2 aromatic carbocycles. The second-order valence-corrected chi connectivity index (χ2v) is 13.1. The maximum atomic E-state index is 13.8. The van der Waals surface area contributed by atoms with Gasteiger partial charge in [-0.25, -0.2) is 17.2 Å². The van der Waals surface area contributed by atoms with Crippen LogP contribution in [0.15, 0.2) is 41.3 Å². The molecule has 0 spiro atoms. The van der Waals surface area contributed by atoms with E-state index in [-0.39, 0.29) is 48.7 Å². The van der Waals surface area contributed by atoms with E-state index in [0.29, 0.717) is 60.7 Å². The minimum absolute atomic E-state index is 0.0606. The number of nitrogens with zero attached hydrogens (tertiary/aromatic N) is 5. The van der Waals surface area contributed by atoms with Crippen molar-refractivity contribution >= 4 is 39.0 Å². The van der Waals surface area contributed by atoms with Crippen LogP contribution in [0, 0.1) is 11.6 Å². The summed E-state index contributed by atoms with van der Waals surface area (Å²) in [6.45, 7) is 1.36. The lowest BCUT2D eigenvalue weighted by Gasteiger charge is -2.35. The van der Waals surface area contributed by atoms with Gasteiger partial charge < -0.3 is 24.8 Å². The van der Waals surface area contributed by atoms with Crippen molar-refractivity contribution in [1.82, 2.24) is 19.4 Å². The highest BCUT2D eigenvalue weighted by molar-refractivity contribution is 7.89. The van der Waals surface area contributed by atoms with Gasteiger partial charge in [0.05, 0.1) is 22.8 Å². The van der Waals surface area contributed by atoms with Gasteiger partial charge in [0.15, 0.2) is 5.82 Å². The van der Waals surface area contributed by atoms with Gasteiger partial charge in [-0.05, 0) is 37.4 Å². The van der Waals surface area contributed by atoms with Crippen molar-refractivity contribution in [2.45, 2.75) is 24.0 Å². The van der Waals surface area contributed by atoms with Crippen LogP contribution in [0.25, 0.3) is 0 Å². The average molecular weight is 686 g/mol. The Morgan fingerprint density at radius 2 is 1.72 bits per heavy atom. The second kappa shape index (κ2) is 13.5. The first-order valence-corrected chi connectivity index (χ1v) is 15.9. The number of nitrogens with one attached hydrogen (secondary N) is 2. The molecule has 0 bridgehead atoms. The lowest BCUT2D eigenvalue weighted by Crippen LogP contribution is -2.45. The molecule has 254 valence electrons. The molecule has 3 heterocycles. The number of H-pyrrole nitrogens is 1. The zero-order valence-corrected chi connectivity index (χ0v) is 26.2. The number of aromatic amines is 1. The van der Waals surface area contributed by atoms with E-state index in [1.165, 1.54) is 19.2 Å². The summed E-state index contributed by atoms with van der Waals surface area (Å²) in [7, 11) is -1.16. The lowest BCUT2D eigenvalue weighted by molar-refractivity contribution is -0.170. The third kappa shape index (κ3) is 7.39. The van der Waals surface area contributed by atoms with E-state index in [9.17, 15) is 40.0 Å². The van der Waals surface area contributed by atoms with Crippen molar-refractivity contribution < 1.29 is 44.7 Å². The number of benzene rings is 2. The molecule has 2 amide bonds. The highest BCUT2D eigenvalue weighted by Gasteiger charge is 2.44. The molecule has 2 aliphatic rings. The van der Waals surface area contributed by atoms with Crippen LogP contribution in [0.3, 0.4) is 0 Å². The predicted octanol–water partition coefficient (Wildman–Crippen LogP) is 2.98. The summed E-state index contributed by atoms with van der Waals surface area (Å²) >= 11 is 0. The molecule has 2 aliphatic heterocycles. The Balaban J connectivity index is 1.47. The number of alkyl halides is 3. The number of rotatable bonds is 9. The van der Waals surface area contributed by atoms with Gasteiger partial charge in [-0.2, -0.15) is 22.6 Å². The Morgan fingerprint density at radius 1 is 1.04 bits per heavy atom. The molecule has 1 aromatic heterocycles. The Kier molecular flexibility index (Phi) is 9.86. The number of anilines is 3. The molecular formula is C29H32F5N7O5S. The Bertz CT molecular complexity index is 1740. The molecule has 2 N–H and O–H groups in total. The van der Waals surface area contributed by atoms with E-state index in [2.05, 4.69) is 20.4 Å². The number of methoxy groups -OCH3 is 1. The van der Waals surface area contributed by atoms with Gasteiger partial charge in [0.1, 0.15) is 11.6 Å². The van der Waals surface area contributed by atoms with Gasteiger partial charge in [-0.15, -0.1) is 0 Å². The van der Waals surface area contributed by atoms with Crippen LogP contribution in [0.4, 0.5) is 39.1 Å². The molecule has 0 atom stereocenters. The van der Waals surface area contributed by atoms with Gasteiger partial charge >= 0.3 is 12.1 Å². The summed E-state index contributed by atoms with van der Waals surface area (Å²) in [4.78, 5) is 30.2. The minimum atomic E-state index is -5.26. The smallest absolute Gasteiger partial charge is 0.383 e. The highest BCUT2D eigenvalue weighted by atomic mass is 32.2. The monoisotopic (exact) mass is 685 g/mol. The van der Waals surface area contributed by atoms with Crippen LogP contribution < -0.4 is 15.1 Å². The highest BCUT2D eigenvalue weighted by Crippen LogP contribution is 2.33. The molecular weight excluding hydrogens is 653 g/mol. The SMILES string of the molecule is COCCN(C(=O)C(F)(F)F)c1cc(N2CCN(C)CC2)ccc1C(=O)Nc1n[nH]c2c1CN(S(=O)(=O)c1cc(F)cc(F)c1)CC2. The maximum Gasteiger partial charge on any atom is 0.471 e. The first kappa shape index (κ1) is 34.2. The van der Waals surface area contributed by atoms with Crippen molar-refractivity contribution in [2.75, 3.05) is 75.1 Å². The van der Waals surface area contributed by atoms with E-state index < -0.39 is 51.1 Å². The number of hydrogen-bond donors (Lipinski definition) is 2. The fourth-order valence-corrected chi connectivity index (χ4v) is 6.90. The van der Waals surface area contributed by atoms with Gasteiger partial charge in [0.2, 0.25) is 10.0 Å². The summed E-state index contributed by atoms with van der Waals surface area (Å²) in [6, 6.07) is 6.17. The lowest BCUT2D eigenvalue weighted by atomic mass is 10.1. The summed E-state index contributed by atoms with van der Waals surface area (Å²) in [6.07, 6.45) is -5.14. The van der Waals surface area contributed by atoms with Crippen LogP contribution in [-0.2, 0) is 32.5 Å². The number of likely N-dealkylation sites (N-methyl/N-ethyl adjacent to an activating group) is 1. The quantitative estimate of drug-likeness (QED) is 0.329. The summed E-state index contributed by atoms with van der Waals surface area (Å²) in [5.41, 5.74) is 0.665. The molecule has 0 unspecified atom stereocenters. The average Bonchev–Trinajstić information content (AvgIpc) is 3.42. The van der Waals surface area contributed by atoms with Crippen LogP contribution >= 0.6 is 0 Å². The summed E-state index contributed by atoms with van der Waals surface area (Å²) in [5, 5.41) is 9.35. The van der Waals surface area contributed by atoms with Gasteiger partial charge in [-0.1, -0.05) is 0 Å². The van der Waals surface area contributed by atoms with E-state index in [0.717, 1.165) is 4.31 Å². The number of piperazine rings is 1. The van der Waals surface area contributed by atoms with Crippen LogP contribution in [0.2, 0.25) is 0 Å². The number of hydrogen-bond acceptors (Lipinski definition) is 8. The van der Waals surface area contributed by atoms with E-state index in [1.807, 2.05) is 11.9 Å². The molecule has 1 fully saturated rings. The van der Waals surface area contributed by atoms with Crippen LogP contribution in [0.5, 0.6) is 0 Å². The molecule has 0 radical (unpaired) electrons. The third-order valence-corrected chi connectivity index (χ3v) is 9.82. The van der Waals surface area contributed by atoms with Crippen molar-refractivity contribution in [1.29, 1.82) is 0 Å². The van der Waals surface area contributed by atoms with Crippen molar-refractivity contribution in [3.8, 4) is 0 Å². The van der Waals surface area contributed by atoms with Crippen molar-refractivity contribution in [3.05, 3.63) is 64.9 Å². The molecule has 12 nitrogen and oxygen atoms in total. The number of carbonyl (C=O) groups excluding carboxylic acids is 2. The summed E-state index contributed by atoms with van der Waals surface area (Å²) in [5.74, 6) is -5.35. The second-order valence-electron chi connectivity index (χ2n) is 11.1. The number of amides is 2. The summed E-state index contributed by atoms with van der Waals surface area (Å²) < 4.78 is 101. The molecule has 47 heavy (non-hydrogen) atoms. The van der Waals surface area contributed by atoms with Crippen LogP contribution in [-0.4, -0.2) is 106 Å². The van der Waals surface area contributed by atoms with E-state index in [1.54, 1.807) is 6.07 Å². The van der Waals surface area contributed by atoms with Gasteiger partial charge in [-0.3, -0.25) is 14.7 Å².